The van der Waals surface area contributed by atoms with Crippen molar-refractivity contribution >= 4 is 76.3 Å². The molecule has 70 heavy (non-hydrogen) atoms. The highest BCUT2D eigenvalue weighted by molar-refractivity contribution is 7.59. The van der Waals surface area contributed by atoms with Crippen LogP contribution in [-0.2, 0) is 11.6 Å². The maximum atomic E-state index is 10.4. The monoisotopic (exact) mass is 1030 g/mol. The van der Waals surface area contributed by atoms with Crippen LogP contribution in [0.3, 0.4) is 0 Å². The summed E-state index contributed by atoms with van der Waals surface area (Å²) in [6.07, 6.45) is 9.34. The number of halogens is 6. The fourth-order valence-corrected chi connectivity index (χ4v) is 6.68. The van der Waals surface area contributed by atoms with E-state index in [0.717, 1.165) is 86.0 Å². The smallest absolute Gasteiger partial charge is 0.386 e. The Morgan fingerprint density at radius 3 is 1.00 bits per heavy atom. The predicted octanol–water partition coefficient (Wildman–Crippen LogP) is 13.7. The quantitative estimate of drug-likeness (QED) is 0.0496. The Balaban J connectivity index is -0.000000291. The van der Waals surface area contributed by atoms with Crippen LogP contribution >= 0.6 is 13.5 Å². The third-order valence-electron chi connectivity index (χ3n) is 9.20. The van der Waals surface area contributed by atoms with Crippen molar-refractivity contribution in [2.24, 2.45) is 0 Å². The zero-order chi connectivity index (χ0) is 46.7. The lowest BCUT2D eigenvalue weighted by atomic mass is 10.1. The van der Waals surface area contributed by atoms with Crippen molar-refractivity contribution in [2.75, 3.05) is 55.0 Å². The van der Waals surface area contributed by atoms with Crippen molar-refractivity contribution in [1.82, 2.24) is 4.58 Å². The van der Waals surface area contributed by atoms with Crippen molar-refractivity contribution < 1.29 is 51.2 Å². The fourth-order valence-electron chi connectivity index (χ4n) is 6.68. The van der Waals surface area contributed by atoms with E-state index in [4.69, 9.17) is 8.42 Å². The first kappa shape index (κ1) is 81.2. The first-order valence-corrected chi connectivity index (χ1v) is 21.7. The van der Waals surface area contributed by atoms with Gasteiger partial charge in [-0.3, -0.25) is 14.1 Å². The Hall–Kier alpha value is -5.83. The SMILES string of the molecule is C=C.C=C.CC(F)(F)F.CCCN(CCC)c1ccc(N(c2ccc(N(CCC)CCC)cc2)c2ccc([N+](=C3C=CC(=[N+](C)C)C=C3)c3ccc(C)cc3)cc2)cc1.F.F.F.O.O.O=S=O.S.[NH2-].[NH2-]. The molecule has 0 atom stereocenters. The molecule has 0 unspecified atom stereocenters. The van der Waals surface area contributed by atoms with E-state index >= 15 is 0 Å². The minimum absolute atomic E-state index is 0. The van der Waals surface area contributed by atoms with Gasteiger partial charge in [0.2, 0.25) is 17.1 Å². The lowest BCUT2D eigenvalue weighted by molar-refractivity contribution is -0.462. The summed E-state index contributed by atoms with van der Waals surface area (Å²) in [5.41, 5.74) is 11.8. The van der Waals surface area contributed by atoms with Gasteiger partial charge in [0, 0.05) is 110 Å². The first-order chi connectivity index (χ1) is 29.8. The van der Waals surface area contributed by atoms with E-state index in [1.807, 2.05) is 0 Å². The van der Waals surface area contributed by atoms with Gasteiger partial charge >= 0.3 is 17.7 Å². The van der Waals surface area contributed by atoms with Crippen molar-refractivity contribution in [3.8, 4) is 0 Å². The van der Waals surface area contributed by atoms with Crippen LogP contribution in [0.25, 0.3) is 12.3 Å². The number of allylic oxidation sites excluding steroid dienone is 4. The van der Waals surface area contributed by atoms with Crippen molar-refractivity contribution in [2.45, 2.75) is 73.4 Å². The number of benzene rings is 4. The number of alkyl halides is 3. The minimum atomic E-state index is -4.00. The largest absolute Gasteiger partial charge is 0.693 e. The van der Waals surface area contributed by atoms with Crippen LogP contribution in [0.15, 0.2) is 148 Å². The lowest BCUT2D eigenvalue weighted by Crippen LogP contribution is -2.25. The molecule has 0 heterocycles. The standard InChI is InChI=1S/C45H57N5.C2H3F3.2C2H4.3FH.2H2N.O2S.2H2O.H2S/c1-8-32-47(33-9-2)38-18-24-42(25-19-38)50(43-26-20-39(21-27-43)48(34-10-3)35-11-4)45-30-28-44(29-31-45)49(40-14-12-36(5)13-15-40)41-22-16-37(17-23-41)46(6)7;1-2(3,4)5;2*1-2;;;;;;1-3-2;;;/h12-31H,8-11,32-35H2,1-7H3;1H3;2*1-2H2;3*1H;2*1H2;;3*1H2/q+2;;;;;;;2*-1;;;;. The van der Waals surface area contributed by atoms with E-state index in [9.17, 15) is 13.2 Å². The second-order valence-electron chi connectivity index (χ2n) is 14.3. The topological polar surface area (TPSA) is 180 Å². The molecule has 0 aromatic heterocycles. The molecular weight excluding hydrogens is 953 g/mol. The van der Waals surface area contributed by atoms with Gasteiger partial charge in [-0.05, 0) is 93.3 Å². The summed E-state index contributed by atoms with van der Waals surface area (Å²) in [6.45, 7) is 27.6. The number of nitrogens with two attached hydrogens (primary N) is 2. The van der Waals surface area contributed by atoms with E-state index in [0.29, 0.717) is 0 Å². The zero-order valence-corrected chi connectivity index (χ0v) is 43.8. The highest BCUT2D eigenvalue weighted by Gasteiger charge is 2.22. The summed E-state index contributed by atoms with van der Waals surface area (Å²) in [4.78, 5) is 7.38. The molecule has 0 spiro atoms. The normalized spacial score (nSPS) is 9.93. The van der Waals surface area contributed by atoms with Gasteiger partial charge in [0.25, 0.3) is 0 Å². The number of anilines is 5. The van der Waals surface area contributed by atoms with Crippen LogP contribution in [0.1, 0.15) is 65.9 Å². The average Bonchev–Trinajstić information content (AvgIpc) is 3.27. The molecule has 0 saturated heterocycles. The molecule has 0 amide bonds. The van der Waals surface area contributed by atoms with Crippen LogP contribution in [0.4, 0.5) is 67.1 Å². The molecule has 4 aromatic rings. The number of aryl methyl sites for hydroxylation is 1. The lowest BCUT2D eigenvalue weighted by Gasteiger charge is -2.29. The molecule has 1 aliphatic carbocycles. The van der Waals surface area contributed by atoms with Crippen molar-refractivity contribution in [1.29, 1.82) is 0 Å². The third kappa shape index (κ3) is 27.4. The maximum absolute atomic E-state index is 10.4. The first-order valence-electron chi connectivity index (χ1n) is 21.0. The van der Waals surface area contributed by atoms with Crippen LogP contribution < -0.4 is 19.3 Å². The average molecular weight is 1030 g/mol. The molecule has 5 rings (SSSR count). The minimum Gasteiger partial charge on any atom is -0.693 e. The second kappa shape index (κ2) is 44.4. The third-order valence-corrected chi connectivity index (χ3v) is 9.20. The Morgan fingerprint density at radius 1 is 0.514 bits per heavy atom. The molecule has 0 radical (unpaired) electrons. The summed E-state index contributed by atoms with van der Waals surface area (Å²) >= 11 is -0.750. The van der Waals surface area contributed by atoms with E-state index in [2.05, 4.69) is 220 Å². The van der Waals surface area contributed by atoms with Crippen molar-refractivity contribution in [3.63, 3.8) is 0 Å². The van der Waals surface area contributed by atoms with Gasteiger partial charge in [-0.2, -0.15) is 39.7 Å². The summed E-state index contributed by atoms with van der Waals surface area (Å²) in [6, 6.07) is 36.1. The Kier molecular flexibility index (Phi) is 51.5. The molecule has 8 N–H and O–H groups in total. The van der Waals surface area contributed by atoms with E-state index in [-0.39, 0.29) is 57.8 Å². The van der Waals surface area contributed by atoms with Gasteiger partial charge in [-0.25, -0.2) is 4.58 Å². The Morgan fingerprint density at radius 2 is 0.743 bits per heavy atom. The van der Waals surface area contributed by atoms with Crippen LogP contribution in [0.2, 0.25) is 0 Å². The maximum Gasteiger partial charge on any atom is 0.386 e. The summed E-state index contributed by atoms with van der Waals surface area (Å²) < 4.78 is 52.1. The van der Waals surface area contributed by atoms with Gasteiger partial charge in [0.15, 0.2) is 5.71 Å². The van der Waals surface area contributed by atoms with E-state index in [1.54, 1.807) is 0 Å². The van der Waals surface area contributed by atoms with Crippen LogP contribution in [0.5, 0.6) is 0 Å². The molecule has 398 valence electrons. The Labute approximate surface area is 424 Å². The molecule has 0 aliphatic heterocycles. The number of nitrogens with zero attached hydrogens (tertiary/aromatic N) is 5. The van der Waals surface area contributed by atoms with Crippen molar-refractivity contribution in [3.05, 3.63) is 166 Å². The van der Waals surface area contributed by atoms with Gasteiger partial charge in [-0.15, -0.1) is 26.3 Å². The summed E-state index contributed by atoms with van der Waals surface area (Å²) in [5, 5.41) is 0. The highest BCUT2D eigenvalue weighted by Crippen LogP contribution is 2.38. The van der Waals surface area contributed by atoms with Crippen LogP contribution in [0, 0.1) is 6.92 Å². The summed E-state index contributed by atoms with van der Waals surface area (Å²) in [7, 11) is 4.16. The van der Waals surface area contributed by atoms with Crippen LogP contribution in [-0.4, -0.2) is 81.8 Å². The van der Waals surface area contributed by atoms with E-state index < -0.39 is 17.7 Å². The fraction of sp³-hybridized carbons (Fsp3) is 0.333. The van der Waals surface area contributed by atoms with Gasteiger partial charge in [0.05, 0.1) is 0 Å². The number of hydrogen-bond donors (Lipinski definition) is 0. The molecular formula is C51H81F6N7O4S2. The number of rotatable bonds is 15. The molecule has 0 saturated carbocycles. The molecule has 4 aromatic carbocycles. The predicted molar refractivity (Wildman–Crippen MR) is 299 cm³/mol. The van der Waals surface area contributed by atoms with Gasteiger partial charge in [-0.1, -0.05) is 45.4 Å². The zero-order valence-electron chi connectivity index (χ0n) is 42.0. The molecule has 19 heteroatoms. The summed E-state index contributed by atoms with van der Waals surface area (Å²) in [5.74, 6) is 0. The molecule has 1 aliphatic rings. The molecule has 0 fully saturated rings. The number of hydrogen-bond acceptors (Lipinski definition) is 5. The van der Waals surface area contributed by atoms with Gasteiger partial charge < -0.3 is 38.0 Å². The van der Waals surface area contributed by atoms with E-state index in [1.165, 1.54) is 22.6 Å². The van der Waals surface area contributed by atoms with Gasteiger partial charge in [0.1, 0.15) is 14.1 Å². The molecule has 0 bridgehead atoms. The Bertz CT molecular complexity index is 1980. The molecule has 11 nitrogen and oxygen atoms in total. The highest BCUT2D eigenvalue weighted by atomic mass is 32.1. The second-order valence-corrected chi connectivity index (χ2v) is 14.4.